The van der Waals surface area contributed by atoms with Gasteiger partial charge in [-0.2, -0.15) is 13.1 Å². The molecule has 0 saturated heterocycles. The molecule has 10 nitrogen and oxygen atoms in total. The molecule has 0 saturated carbocycles. The Morgan fingerprint density at radius 2 is 1.17 bits per heavy atom. The molecule has 0 aliphatic rings. The lowest BCUT2D eigenvalue weighted by Gasteiger charge is -1.77. The average molecular weight is 817 g/mol. The van der Waals surface area contributed by atoms with Gasteiger partial charge in [-0.1, -0.05) is 10.3 Å². The van der Waals surface area contributed by atoms with Gasteiger partial charge >= 0.3 is 0 Å². The molecule has 0 fully saturated rings. The van der Waals surface area contributed by atoms with Crippen molar-refractivity contribution in [3.8, 4) is 0 Å². The van der Waals surface area contributed by atoms with Gasteiger partial charge in [0.2, 0.25) is 0 Å². The normalized spacial score (nSPS) is 9.15. The number of rotatable bonds is 0. The highest BCUT2D eigenvalue weighted by molar-refractivity contribution is 7.06. The van der Waals surface area contributed by atoms with E-state index in [0.717, 1.165) is 34.3 Å². The van der Waals surface area contributed by atoms with Crippen LogP contribution in [-0.2, 0) is 0 Å². The second-order valence-electron chi connectivity index (χ2n) is 10.9. The fraction of sp³-hybridized carbons (Fsp3) is 0.333. The first-order valence-corrected chi connectivity index (χ1v) is 20.6. The van der Waals surface area contributed by atoms with Crippen molar-refractivity contribution >= 4 is 69.2 Å². The molecule has 0 aliphatic heterocycles. The Labute approximate surface area is 332 Å². The van der Waals surface area contributed by atoms with Gasteiger partial charge in [-0.15, -0.1) is 0 Å². The summed E-state index contributed by atoms with van der Waals surface area (Å²) in [4.78, 5) is 5.17. The van der Waals surface area contributed by atoms with Gasteiger partial charge in [0.05, 0.1) is 29.0 Å². The molecule has 16 heteroatoms. The molecule has 0 spiro atoms. The van der Waals surface area contributed by atoms with Crippen molar-refractivity contribution in [3.05, 3.63) is 137 Å². The lowest BCUT2D eigenvalue weighted by Crippen LogP contribution is -1.61. The quantitative estimate of drug-likeness (QED) is 0.146. The Morgan fingerprint density at radius 1 is 0.500 bits per heavy atom. The first-order chi connectivity index (χ1) is 24.7. The van der Waals surface area contributed by atoms with Crippen molar-refractivity contribution in [3.63, 3.8) is 0 Å². The van der Waals surface area contributed by atoms with Gasteiger partial charge in [-0.05, 0) is 188 Å². The summed E-state index contributed by atoms with van der Waals surface area (Å²) in [6.45, 7) is 24.0. The van der Waals surface area contributed by atoms with Crippen LogP contribution in [0.3, 0.4) is 0 Å². The van der Waals surface area contributed by atoms with Gasteiger partial charge in [-0.3, -0.25) is 0 Å². The summed E-state index contributed by atoms with van der Waals surface area (Å²) in [5.41, 5.74) is 6.85. The van der Waals surface area contributed by atoms with Crippen LogP contribution < -0.4 is 0 Å². The second kappa shape index (κ2) is 27.8. The molecule has 0 bridgehead atoms. The van der Waals surface area contributed by atoms with Crippen molar-refractivity contribution in [2.45, 2.75) is 83.1 Å². The molecule has 0 aliphatic carbocycles. The third-order valence-electron chi connectivity index (χ3n) is 5.48. The van der Waals surface area contributed by atoms with Crippen LogP contribution in [0.2, 0.25) is 0 Å². The summed E-state index contributed by atoms with van der Waals surface area (Å²) >= 11 is 9.17. The van der Waals surface area contributed by atoms with Crippen molar-refractivity contribution in [2.24, 2.45) is 0 Å². The molecule has 8 aromatic heterocycles. The van der Waals surface area contributed by atoms with Crippen LogP contribution in [0, 0.1) is 83.1 Å². The number of nitrogens with zero attached hydrogens (tertiary/aromatic N) is 8. The summed E-state index contributed by atoms with van der Waals surface area (Å²) in [5, 5.41) is 11.1. The highest BCUT2D eigenvalue weighted by Crippen LogP contribution is 2.08. The van der Waals surface area contributed by atoms with Crippen molar-refractivity contribution in [2.75, 3.05) is 0 Å². The molecule has 8 heterocycles. The van der Waals surface area contributed by atoms with Gasteiger partial charge in [0.25, 0.3) is 0 Å². The highest BCUT2D eigenvalue weighted by atomic mass is 32.1. The van der Waals surface area contributed by atoms with E-state index in [1.807, 2.05) is 96.7 Å². The van der Waals surface area contributed by atoms with Crippen molar-refractivity contribution in [1.82, 2.24) is 36.6 Å². The molecule has 0 atom stereocenters. The molecule has 0 radical (unpaired) electrons. The maximum Gasteiger partial charge on any atom is 0.133 e. The van der Waals surface area contributed by atoms with E-state index < -0.39 is 0 Å². The fourth-order valence-electron chi connectivity index (χ4n) is 2.91. The summed E-state index contributed by atoms with van der Waals surface area (Å²) in [6.07, 6.45) is 7.17. The Balaban J connectivity index is 0.000000297. The van der Waals surface area contributed by atoms with E-state index in [4.69, 9.17) is 4.52 Å². The minimum Gasteiger partial charge on any atom is -0.362 e. The van der Waals surface area contributed by atoms with Crippen molar-refractivity contribution < 1.29 is 9.05 Å². The lowest BCUT2D eigenvalue weighted by molar-refractivity contribution is 0.393. The van der Waals surface area contributed by atoms with Crippen LogP contribution in [0.1, 0.15) is 64.9 Å². The number of hydrogen-bond donors (Lipinski definition) is 0. The average Bonchev–Trinajstić information content (AvgIpc) is 3.92. The molecular weight excluding hydrogens is 769 g/mol. The minimum absolute atomic E-state index is 0.856. The molecule has 8 aromatic rings. The minimum atomic E-state index is 0.856. The summed E-state index contributed by atoms with van der Waals surface area (Å²) in [5.74, 6) is 1.73. The predicted molar refractivity (Wildman–Crippen MR) is 223 cm³/mol. The van der Waals surface area contributed by atoms with Crippen LogP contribution in [0.4, 0.5) is 0 Å². The zero-order valence-corrected chi connectivity index (χ0v) is 36.7. The predicted octanol–water partition coefficient (Wildman–Crippen LogP) is 11.9. The van der Waals surface area contributed by atoms with E-state index in [-0.39, 0.29) is 0 Å². The first kappa shape index (κ1) is 46.2. The van der Waals surface area contributed by atoms with Crippen LogP contribution >= 0.6 is 69.2 Å². The van der Waals surface area contributed by atoms with Gasteiger partial charge < -0.3 is 9.05 Å². The van der Waals surface area contributed by atoms with Gasteiger partial charge in [0.15, 0.2) is 0 Å². The van der Waals surface area contributed by atoms with E-state index in [1.165, 1.54) is 65.2 Å². The molecule has 0 unspecified atom stereocenters. The smallest absolute Gasteiger partial charge is 0.133 e. The molecule has 52 heavy (non-hydrogen) atoms. The van der Waals surface area contributed by atoms with E-state index in [9.17, 15) is 0 Å². The van der Waals surface area contributed by atoms with Gasteiger partial charge in [0, 0.05) is 61.0 Å². The maximum absolute atomic E-state index is 4.71. The standard InChI is InChI=1S/C5H7NO.3C5H7NS.C4H5NO.3C4H5NS/c1-4-3-5(2)7-6-4;1-4-3-6-7-5(4)2;2*1-4-3-5(2)7-6-4;1-4-2-3-5-6-4;1-4-2-5-6-3-4;1-4-2-3-6-5-4;1-4-2-3-5-6-4/h4*3H,1-2H3;4*2-3H,1H3. The van der Waals surface area contributed by atoms with E-state index in [0.29, 0.717) is 0 Å². The molecule has 0 amide bonds. The van der Waals surface area contributed by atoms with E-state index in [2.05, 4.69) is 80.9 Å². The second-order valence-corrected chi connectivity index (χ2v) is 16.3. The zero-order valence-electron chi connectivity index (χ0n) is 31.8. The Morgan fingerprint density at radius 3 is 1.31 bits per heavy atom. The maximum atomic E-state index is 4.71. The summed E-state index contributed by atoms with van der Waals surface area (Å²) < 4.78 is 33.1. The SMILES string of the molecule is Cc1cc(C)on1.Cc1cc(C)sn1.Cc1cc(C)sn1.Cc1ccno1.Cc1ccns1.Cc1ccsn1.Cc1cnsc1.Cc1cnsc1C. The molecule has 280 valence electrons. The Hall–Kier alpha value is -3.80. The fourth-order valence-corrected chi connectivity index (χ4v) is 6.07. The van der Waals surface area contributed by atoms with E-state index in [1.54, 1.807) is 53.1 Å². The first-order valence-electron chi connectivity index (χ1n) is 15.8. The molecular formula is C36H48N8O2S6. The Bertz CT molecular complexity index is 1640. The summed E-state index contributed by atoms with van der Waals surface area (Å²) in [6, 6.07) is 11.8. The van der Waals surface area contributed by atoms with Crippen molar-refractivity contribution in [1.29, 1.82) is 0 Å². The Kier molecular flexibility index (Phi) is 24.7. The topological polar surface area (TPSA) is 129 Å². The van der Waals surface area contributed by atoms with Crippen LogP contribution in [0.15, 0.2) is 81.0 Å². The summed E-state index contributed by atoms with van der Waals surface area (Å²) in [7, 11) is 0. The van der Waals surface area contributed by atoms with Crippen LogP contribution in [0.25, 0.3) is 0 Å². The van der Waals surface area contributed by atoms with Gasteiger partial charge in [-0.25, -0.2) is 13.1 Å². The molecule has 0 N–H and O–H groups in total. The van der Waals surface area contributed by atoms with Crippen LogP contribution in [0.5, 0.6) is 0 Å². The highest BCUT2D eigenvalue weighted by Gasteiger charge is 1.90. The lowest BCUT2D eigenvalue weighted by atomic mass is 10.3. The molecule has 0 aromatic carbocycles. The third-order valence-corrected chi connectivity index (χ3v) is 9.87. The number of aryl methyl sites for hydroxylation is 12. The number of aromatic nitrogens is 8. The largest absolute Gasteiger partial charge is 0.362 e. The monoisotopic (exact) mass is 816 g/mol. The third kappa shape index (κ3) is 25.2. The van der Waals surface area contributed by atoms with Gasteiger partial charge in [0.1, 0.15) is 11.5 Å². The molecule has 8 rings (SSSR count). The number of hydrogen-bond acceptors (Lipinski definition) is 16. The van der Waals surface area contributed by atoms with Crippen LogP contribution in [-0.4, -0.2) is 36.6 Å². The zero-order chi connectivity index (χ0) is 38.7. The van der Waals surface area contributed by atoms with E-state index >= 15 is 0 Å².